The lowest BCUT2D eigenvalue weighted by molar-refractivity contribution is -0.132. The maximum atomic E-state index is 12.3. The van der Waals surface area contributed by atoms with Gasteiger partial charge in [0, 0.05) is 32.1 Å². The zero-order valence-corrected chi connectivity index (χ0v) is 12.9. The van der Waals surface area contributed by atoms with E-state index in [2.05, 4.69) is 17.0 Å². The van der Waals surface area contributed by atoms with E-state index >= 15 is 0 Å². The second-order valence-electron chi connectivity index (χ2n) is 5.62. The van der Waals surface area contributed by atoms with Crippen LogP contribution in [0.15, 0.2) is 30.3 Å². The van der Waals surface area contributed by atoms with E-state index in [-0.39, 0.29) is 11.9 Å². The summed E-state index contributed by atoms with van der Waals surface area (Å²) in [5.41, 5.74) is 6.90. The fraction of sp³-hybridized carbons (Fsp3) is 0.562. The van der Waals surface area contributed by atoms with E-state index in [1.54, 1.807) is 0 Å². The highest BCUT2D eigenvalue weighted by Crippen LogP contribution is 2.08. The van der Waals surface area contributed by atoms with Gasteiger partial charge in [0.05, 0.1) is 0 Å². The first-order valence-corrected chi connectivity index (χ1v) is 7.21. The van der Waals surface area contributed by atoms with Crippen molar-refractivity contribution in [2.75, 3.05) is 27.2 Å². The number of carbonyl (C=O) groups is 1. The van der Waals surface area contributed by atoms with Crippen LogP contribution in [-0.4, -0.2) is 48.9 Å². The van der Waals surface area contributed by atoms with Crippen molar-refractivity contribution < 1.29 is 4.79 Å². The summed E-state index contributed by atoms with van der Waals surface area (Å²) < 4.78 is 0. The third kappa shape index (κ3) is 6.68. The minimum absolute atomic E-state index is 0.0753. The number of nitrogens with zero attached hydrogens (tertiary/aromatic N) is 2. The van der Waals surface area contributed by atoms with Crippen LogP contribution in [0.25, 0.3) is 0 Å². The number of benzene rings is 1. The zero-order valence-electron chi connectivity index (χ0n) is 12.9. The van der Waals surface area contributed by atoms with Crippen LogP contribution in [0.3, 0.4) is 0 Å². The molecule has 20 heavy (non-hydrogen) atoms. The first kappa shape index (κ1) is 16.7. The molecule has 0 saturated heterocycles. The van der Waals surface area contributed by atoms with Gasteiger partial charge in [-0.25, -0.2) is 0 Å². The molecule has 0 aromatic heterocycles. The normalized spacial score (nSPS) is 12.4. The first-order chi connectivity index (χ1) is 9.49. The Bertz CT molecular complexity index is 390. The monoisotopic (exact) mass is 277 g/mol. The molecule has 0 spiro atoms. The highest BCUT2D eigenvalue weighted by molar-refractivity contribution is 5.76. The van der Waals surface area contributed by atoms with Crippen LogP contribution in [-0.2, 0) is 11.3 Å². The van der Waals surface area contributed by atoms with E-state index in [0.717, 1.165) is 19.5 Å². The second-order valence-corrected chi connectivity index (χ2v) is 5.62. The largest absolute Gasteiger partial charge is 0.337 e. The number of rotatable bonds is 8. The molecule has 1 aromatic carbocycles. The first-order valence-electron chi connectivity index (χ1n) is 7.21. The molecule has 112 valence electrons. The van der Waals surface area contributed by atoms with Crippen LogP contribution in [0.5, 0.6) is 0 Å². The van der Waals surface area contributed by atoms with E-state index in [0.29, 0.717) is 13.0 Å². The average molecular weight is 277 g/mol. The summed E-state index contributed by atoms with van der Waals surface area (Å²) in [4.78, 5) is 16.3. The average Bonchev–Trinajstić information content (AvgIpc) is 2.41. The molecule has 1 amide bonds. The summed E-state index contributed by atoms with van der Waals surface area (Å²) in [7, 11) is 4.04. The molecule has 4 nitrogen and oxygen atoms in total. The van der Waals surface area contributed by atoms with E-state index < -0.39 is 0 Å². The fourth-order valence-electron chi connectivity index (χ4n) is 1.93. The molecule has 1 atom stereocenters. The fourth-order valence-corrected chi connectivity index (χ4v) is 1.93. The minimum atomic E-state index is 0.0753. The van der Waals surface area contributed by atoms with Gasteiger partial charge >= 0.3 is 0 Å². The van der Waals surface area contributed by atoms with Crippen molar-refractivity contribution in [2.45, 2.75) is 32.4 Å². The zero-order chi connectivity index (χ0) is 15.0. The van der Waals surface area contributed by atoms with Gasteiger partial charge in [-0.3, -0.25) is 4.79 Å². The lowest BCUT2D eigenvalue weighted by Gasteiger charge is -2.25. The summed E-state index contributed by atoms with van der Waals surface area (Å²) >= 11 is 0. The molecular formula is C16H27N3O. The van der Waals surface area contributed by atoms with Crippen molar-refractivity contribution in [3.8, 4) is 0 Å². The van der Waals surface area contributed by atoms with E-state index in [1.165, 1.54) is 5.56 Å². The van der Waals surface area contributed by atoms with E-state index in [9.17, 15) is 4.79 Å². The summed E-state index contributed by atoms with van der Waals surface area (Å²) in [5.74, 6) is 0.188. The van der Waals surface area contributed by atoms with Crippen LogP contribution in [0, 0.1) is 0 Å². The van der Waals surface area contributed by atoms with Crippen molar-refractivity contribution in [1.29, 1.82) is 0 Å². The van der Waals surface area contributed by atoms with Gasteiger partial charge in [-0.15, -0.1) is 0 Å². The van der Waals surface area contributed by atoms with Crippen molar-refractivity contribution in [3.63, 3.8) is 0 Å². The third-order valence-corrected chi connectivity index (χ3v) is 3.20. The van der Waals surface area contributed by atoms with Gasteiger partial charge in [0.15, 0.2) is 0 Å². The molecule has 0 heterocycles. The number of amides is 1. The standard InChI is InChI=1S/C16H27N3O/c1-14(17)9-10-16(20)19(12-11-18(2)3)13-15-7-5-4-6-8-15/h4-8,14H,9-13,17H2,1-3H3. The van der Waals surface area contributed by atoms with E-state index in [1.807, 2.05) is 44.1 Å². The van der Waals surface area contributed by atoms with Crippen LogP contribution in [0.2, 0.25) is 0 Å². The quantitative estimate of drug-likeness (QED) is 0.787. The van der Waals surface area contributed by atoms with Gasteiger partial charge in [0.1, 0.15) is 0 Å². The molecule has 0 aliphatic carbocycles. The Kier molecular flexibility index (Phi) is 7.26. The highest BCUT2D eigenvalue weighted by Gasteiger charge is 2.14. The molecule has 1 aromatic rings. The van der Waals surface area contributed by atoms with E-state index in [4.69, 9.17) is 5.73 Å². The molecule has 2 N–H and O–H groups in total. The molecule has 0 fully saturated rings. The summed E-state index contributed by atoms with van der Waals surface area (Å²) in [6.07, 6.45) is 1.27. The Labute approximate surface area is 122 Å². The van der Waals surface area contributed by atoms with Crippen LogP contribution in [0.4, 0.5) is 0 Å². The van der Waals surface area contributed by atoms with Gasteiger partial charge in [-0.05, 0) is 33.0 Å². The smallest absolute Gasteiger partial charge is 0.222 e. The Morgan fingerprint density at radius 1 is 1.20 bits per heavy atom. The van der Waals surface area contributed by atoms with Crippen molar-refractivity contribution >= 4 is 5.91 Å². The predicted octanol–water partition coefficient (Wildman–Crippen LogP) is 1.70. The van der Waals surface area contributed by atoms with Gasteiger partial charge in [-0.1, -0.05) is 30.3 Å². The predicted molar refractivity (Wildman–Crippen MR) is 83.3 cm³/mol. The molecule has 0 aliphatic rings. The van der Waals surface area contributed by atoms with Gasteiger partial charge in [0.25, 0.3) is 0 Å². The molecule has 0 bridgehead atoms. The molecule has 0 saturated carbocycles. The van der Waals surface area contributed by atoms with Crippen LogP contribution >= 0.6 is 0 Å². The Hall–Kier alpha value is -1.39. The third-order valence-electron chi connectivity index (χ3n) is 3.20. The molecule has 1 unspecified atom stereocenters. The number of nitrogens with two attached hydrogens (primary N) is 1. The van der Waals surface area contributed by atoms with Gasteiger partial charge in [-0.2, -0.15) is 0 Å². The van der Waals surface area contributed by atoms with Gasteiger partial charge < -0.3 is 15.5 Å². The number of hydrogen-bond donors (Lipinski definition) is 1. The summed E-state index contributed by atoms with van der Waals surface area (Å²) in [6, 6.07) is 10.2. The topological polar surface area (TPSA) is 49.6 Å². The van der Waals surface area contributed by atoms with Crippen molar-refractivity contribution in [3.05, 3.63) is 35.9 Å². The Morgan fingerprint density at radius 2 is 1.85 bits per heavy atom. The molecular weight excluding hydrogens is 250 g/mol. The molecule has 1 rings (SSSR count). The lowest BCUT2D eigenvalue weighted by Crippen LogP contribution is -2.36. The van der Waals surface area contributed by atoms with Crippen LogP contribution in [0.1, 0.15) is 25.3 Å². The lowest BCUT2D eigenvalue weighted by atomic mass is 10.1. The Morgan fingerprint density at radius 3 is 2.40 bits per heavy atom. The maximum absolute atomic E-state index is 12.3. The van der Waals surface area contributed by atoms with Crippen molar-refractivity contribution in [2.24, 2.45) is 5.73 Å². The second kappa shape index (κ2) is 8.72. The number of carbonyl (C=O) groups excluding carboxylic acids is 1. The summed E-state index contributed by atoms with van der Waals surface area (Å²) in [6.45, 7) is 4.23. The SMILES string of the molecule is CC(N)CCC(=O)N(CCN(C)C)Cc1ccccc1. The molecule has 4 heteroatoms. The maximum Gasteiger partial charge on any atom is 0.222 e. The van der Waals surface area contributed by atoms with Crippen molar-refractivity contribution in [1.82, 2.24) is 9.80 Å². The highest BCUT2D eigenvalue weighted by atomic mass is 16.2. The van der Waals surface area contributed by atoms with Gasteiger partial charge in [0.2, 0.25) is 5.91 Å². The molecule has 0 aliphatic heterocycles. The Balaban J connectivity index is 2.61. The van der Waals surface area contributed by atoms with Crippen LogP contribution < -0.4 is 5.73 Å². The number of likely N-dealkylation sites (N-methyl/N-ethyl adjacent to an activating group) is 1. The number of hydrogen-bond acceptors (Lipinski definition) is 3. The summed E-state index contributed by atoms with van der Waals surface area (Å²) in [5, 5.41) is 0. The minimum Gasteiger partial charge on any atom is -0.337 e. The molecule has 0 radical (unpaired) electrons.